The van der Waals surface area contributed by atoms with E-state index >= 15 is 0 Å². The van der Waals surface area contributed by atoms with Crippen LogP contribution in [0, 0.1) is 28.9 Å². The van der Waals surface area contributed by atoms with Gasteiger partial charge in [0.05, 0.1) is 12.0 Å². The Bertz CT molecular complexity index is 989. The summed E-state index contributed by atoms with van der Waals surface area (Å²) in [5.41, 5.74) is -1.13. The summed E-state index contributed by atoms with van der Waals surface area (Å²) >= 11 is 0. The minimum Gasteiger partial charge on any atom is -0.331 e. The number of anilines is 1. The molecule has 1 fully saturated rings. The fourth-order valence-electron chi connectivity index (χ4n) is 3.03. The maximum Gasteiger partial charge on any atom is 0.329 e. The molecular formula is C23H22F2N2O2. The third-order valence-electron chi connectivity index (χ3n) is 5.36. The van der Waals surface area contributed by atoms with E-state index in [1.54, 1.807) is 31.2 Å². The number of imide groups is 1. The molecular weight excluding hydrogens is 374 g/mol. The van der Waals surface area contributed by atoms with Crippen molar-refractivity contribution in [2.75, 3.05) is 4.90 Å². The van der Waals surface area contributed by atoms with E-state index in [0.717, 1.165) is 12.1 Å². The number of carbonyl (C=O) groups is 2. The number of hydrogen-bond acceptors (Lipinski definition) is 2. The molecule has 29 heavy (non-hydrogen) atoms. The topological polar surface area (TPSA) is 49.4 Å². The Labute approximate surface area is 168 Å². The number of hydrogen-bond donors (Lipinski definition) is 1. The Morgan fingerprint density at radius 2 is 1.55 bits per heavy atom. The first kappa shape index (κ1) is 20.5. The minimum absolute atomic E-state index is 0.0727. The molecule has 0 radical (unpaired) electrons. The van der Waals surface area contributed by atoms with Gasteiger partial charge in [-0.25, -0.2) is 18.5 Å². The third kappa shape index (κ3) is 4.00. The number of urea groups is 1. The van der Waals surface area contributed by atoms with Crippen LogP contribution in [0.5, 0.6) is 0 Å². The summed E-state index contributed by atoms with van der Waals surface area (Å²) in [5.74, 6) is 2.80. The molecule has 3 amide bonds. The molecule has 1 atom stereocenters. The Kier molecular flexibility index (Phi) is 5.18. The van der Waals surface area contributed by atoms with E-state index in [1.807, 2.05) is 26.8 Å². The van der Waals surface area contributed by atoms with Crippen molar-refractivity contribution in [3.63, 3.8) is 0 Å². The van der Waals surface area contributed by atoms with Crippen LogP contribution in [-0.4, -0.2) is 17.5 Å². The van der Waals surface area contributed by atoms with Gasteiger partial charge in [0.2, 0.25) is 5.91 Å². The van der Waals surface area contributed by atoms with Gasteiger partial charge in [0, 0.05) is 11.1 Å². The molecule has 3 rings (SSSR count). The second-order valence-electron chi connectivity index (χ2n) is 8.32. The van der Waals surface area contributed by atoms with Crippen LogP contribution in [0.3, 0.4) is 0 Å². The van der Waals surface area contributed by atoms with Crippen molar-refractivity contribution in [2.24, 2.45) is 5.41 Å². The molecule has 2 aromatic rings. The van der Waals surface area contributed by atoms with Crippen molar-refractivity contribution in [1.82, 2.24) is 5.32 Å². The van der Waals surface area contributed by atoms with Crippen LogP contribution in [0.25, 0.3) is 0 Å². The summed E-state index contributed by atoms with van der Waals surface area (Å²) in [6.45, 7) is 7.40. The van der Waals surface area contributed by atoms with Crippen molar-refractivity contribution < 1.29 is 18.4 Å². The van der Waals surface area contributed by atoms with Crippen LogP contribution in [0.15, 0.2) is 42.5 Å². The first-order chi connectivity index (χ1) is 13.5. The van der Waals surface area contributed by atoms with Gasteiger partial charge in [-0.05, 0) is 36.6 Å². The molecule has 1 aliphatic heterocycles. The Balaban J connectivity index is 1.93. The minimum atomic E-state index is -1.02. The van der Waals surface area contributed by atoms with Crippen LogP contribution in [0.4, 0.5) is 19.3 Å². The van der Waals surface area contributed by atoms with Crippen molar-refractivity contribution in [3.05, 3.63) is 65.2 Å². The van der Waals surface area contributed by atoms with E-state index in [9.17, 15) is 18.4 Å². The van der Waals surface area contributed by atoms with Gasteiger partial charge in [-0.15, -0.1) is 0 Å². The van der Waals surface area contributed by atoms with Gasteiger partial charge in [0.1, 0.15) is 5.69 Å². The fraction of sp³-hybridized carbons (Fsp3) is 0.304. The maximum atomic E-state index is 14.7. The van der Waals surface area contributed by atoms with E-state index in [2.05, 4.69) is 17.2 Å². The van der Waals surface area contributed by atoms with Crippen LogP contribution < -0.4 is 10.2 Å². The Morgan fingerprint density at radius 1 is 1.00 bits per heavy atom. The van der Waals surface area contributed by atoms with E-state index in [4.69, 9.17) is 0 Å². The number of nitrogens with zero attached hydrogens (tertiary/aromatic N) is 1. The van der Waals surface area contributed by atoms with Crippen LogP contribution in [0.1, 0.15) is 45.2 Å². The highest BCUT2D eigenvalue weighted by molar-refractivity contribution is 6.16. The standard InChI is InChI=1S/C23H22F2N2O2/c1-22(2,3)23(4)14-19(28)27(21(29)26-23)20-17(24)12-16(13-18(20)25)11-10-15-8-6-5-7-9-15/h5-9,12-13H,14H2,1-4H3,(H,26,29). The summed E-state index contributed by atoms with van der Waals surface area (Å²) in [5, 5.41) is 2.73. The molecule has 4 nitrogen and oxygen atoms in total. The Morgan fingerprint density at radius 3 is 2.07 bits per heavy atom. The molecule has 1 aliphatic rings. The second kappa shape index (κ2) is 7.32. The molecule has 1 saturated heterocycles. The first-order valence-electron chi connectivity index (χ1n) is 9.23. The van der Waals surface area contributed by atoms with Gasteiger partial charge in [0.15, 0.2) is 11.6 Å². The number of halogens is 2. The normalized spacial score (nSPS) is 19.4. The van der Waals surface area contributed by atoms with Crippen molar-refractivity contribution >= 4 is 17.6 Å². The quantitative estimate of drug-likeness (QED) is 0.716. The van der Waals surface area contributed by atoms with E-state index in [1.165, 1.54) is 0 Å². The van der Waals surface area contributed by atoms with Gasteiger partial charge >= 0.3 is 6.03 Å². The first-order valence-corrected chi connectivity index (χ1v) is 9.23. The number of carbonyl (C=O) groups excluding carboxylic acids is 2. The molecule has 6 heteroatoms. The molecule has 0 aromatic heterocycles. The predicted molar refractivity (Wildman–Crippen MR) is 107 cm³/mol. The zero-order valence-electron chi connectivity index (χ0n) is 16.8. The summed E-state index contributed by atoms with van der Waals surface area (Å²) in [6, 6.07) is 10.2. The maximum absolute atomic E-state index is 14.7. The molecule has 0 aliphatic carbocycles. The van der Waals surface area contributed by atoms with Crippen molar-refractivity contribution in [1.29, 1.82) is 0 Å². The number of benzene rings is 2. The largest absolute Gasteiger partial charge is 0.331 e. The lowest BCUT2D eigenvalue weighted by Gasteiger charge is -2.46. The van der Waals surface area contributed by atoms with Gasteiger partial charge in [-0.2, -0.15) is 0 Å². The lowest BCUT2D eigenvalue weighted by Crippen LogP contribution is -2.66. The summed E-state index contributed by atoms with van der Waals surface area (Å²) < 4.78 is 29.4. The summed E-state index contributed by atoms with van der Waals surface area (Å²) in [7, 11) is 0. The molecule has 2 aromatic carbocycles. The van der Waals surface area contributed by atoms with Gasteiger partial charge in [0.25, 0.3) is 0 Å². The highest BCUT2D eigenvalue weighted by atomic mass is 19.1. The summed E-state index contributed by atoms with van der Waals surface area (Å²) in [4.78, 5) is 25.8. The average molecular weight is 396 g/mol. The molecule has 150 valence electrons. The zero-order chi connectivity index (χ0) is 21.4. The highest BCUT2D eigenvalue weighted by Crippen LogP contribution is 2.38. The van der Waals surface area contributed by atoms with Crippen LogP contribution >= 0.6 is 0 Å². The smallest absolute Gasteiger partial charge is 0.329 e. The molecule has 0 spiro atoms. The molecule has 1 heterocycles. The van der Waals surface area contributed by atoms with E-state index in [-0.39, 0.29) is 12.0 Å². The highest BCUT2D eigenvalue weighted by Gasteiger charge is 2.48. The number of nitrogens with one attached hydrogen (secondary N) is 1. The molecule has 0 bridgehead atoms. The van der Waals surface area contributed by atoms with Gasteiger partial charge < -0.3 is 5.32 Å². The van der Waals surface area contributed by atoms with E-state index < -0.39 is 40.2 Å². The van der Waals surface area contributed by atoms with Crippen LogP contribution in [0.2, 0.25) is 0 Å². The number of rotatable bonds is 1. The fourth-order valence-corrected chi connectivity index (χ4v) is 3.03. The number of amides is 3. The van der Waals surface area contributed by atoms with Crippen molar-refractivity contribution in [2.45, 2.75) is 39.7 Å². The monoisotopic (exact) mass is 396 g/mol. The third-order valence-corrected chi connectivity index (χ3v) is 5.36. The van der Waals surface area contributed by atoms with Gasteiger partial charge in [-0.1, -0.05) is 50.8 Å². The molecule has 0 saturated carbocycles. The molecule has 1 unspecified atom stereocenters. The average Bonchev–Trinajstić information content (AvgIpc) is 2.61. The second-order valence-corrected chi connectivity index (χ2v) is 8.32. The Hall–Kier alpha value is -3.20. The zero-order valence-corrected chi connectivity index (χ0v) is 16.8. The lowest BCUT2D eigenvalue weighted by molar-refractivity contribution is -0.121. The lowest BCUT2D eigenvalue weighted by atomic mass is 9.72. The van der Waals surface area contributed by atoms with E-state index in [0.29, 0.717) is 10.5 Å². The summed E-state index contributed by atoms with van der Waals surface area (Å²) in [6.07, 6.45) is -0.0727. The van der Waals surface area contributed by atoms with Gasteiger partial charge in [-0.3, -0.25) is 4.79 Å². The predicted octanol–water partition coefficient (Wildman–Crippen LogP) is 4.62. The SMILES string of the molecule is CC(C)(C)C1(C)CC(=O)N(c2c(F)cc(C#Cc3ccccc3)cc2F)C(=O)N1. The molecule has 1 N–H and O–H groups in total. The van der Waals surface area contributed by atoms with Crippen molar-refractivity contribution in [3.8, 4) is 11.8 Å². The van der Waals surface area contributed by atoms with Crippen LogP contribution in [-0.2, 0) is 4.79 Å².